The number of nitrogens with zero attached hydrogens (tertiary/aromatic N) is 4. The number of ether oxygens (including phenoxy) is 1. The van der Waals surface area contributed by atoms with E-state index in [1.807, 2.05) is 49.6 Å². The molecule has 1 fully saturated rings. The van der Waals surface area contributed by atoms with E-state index in [-0.39, 0.29) is 17.8 Å². The SMILES string of the molecule is Cc1ccccc1-n1c(SC(C)C(=O)NC(C)c2ccc(F)cc2)nnc1N1CCOCC1. The Morgan fingerprint density at radius 1 is 1.09 bits per heavy atom. The fourth-order valence-electron chi connectivity index (χ4n) is 3.71. The maximum Gasteiger partial charge on any atom is 0.233 e. The molecule has 7 nitrogen and oxygen atoms in total. The second kappa shape index (κ2) is 10.4. The van der Waals surface area contributed by atoms with Crippen molar-refractivity contribution in [1.82, 2.24) is 20.1 Å². The van der Waals surface area contributed by atoms with Crippen molar-refractivity contribution in [1.29, 1.82) is 0 Å². The molecular weight excluding hydrogens is 441 g/mol. The summed E-state index contributed by atoms with van der Waals surface area (Å²) in [5.74, 6) is 0.333. The summed E-state index contributed by atoms with van der Waals surface area (Å²) in [6.07, 6.45) is 0. The van der Waals surface area contributed by atoms with Gasteiger partial charge in [0.25, 0.3) is 0 Å². The number of aromatic nitrogens is 3. The van der Waals surface area contributed by atoms with Crippen LogP contribution in [0.1, 0.15) is 31.0 Å². The van der Waals surface area contributed by atoms with Gasteiger partial charge in [0.1, 0.15) is 5.82 Å². The van der Waals surface area contributed by atoms with Crippen LogP contribution in [-0.4, -0.2) is 52.2 Å². The average Bonchev–Trinajstić information content (AvgIpc) is 3.23. The minimum absolute atomic E-state index is 0.121. The molecule has 1 amide bonds. The number of carbonyl (C=O) groups is 1. The summed E-state index contributed by atoms with van der Waals surface area (Å²) in [7, 11) is 0. The lowest BCUT2D eigenvalue weighted by Crippen LogP contribution is -2.38. The molecule has 9 heteroatoms. The van der Waals surface area contributed by atoms with Crippen molar-refractivity contribution in [3.05, 3.63) is 65.5 Å². The zero-order valence-electron chi connectivity index (χ0n) is 19.0. The van der Waals surface area contributed by atoms with Gasteiger partial charge in [0.15, 0.2) is 5.16 Å². The molecule has 1 saturated heterocycles. The highest BCUT2D eigenvalue weighted by Crippen LogP contribution is 2.31. The third-order valence-corrected chi connectivity index (χ3v) is 6.69. The molecule has 0 spiro atoms. The van der Waals surface area contributed by atoms with E-state index in [0.29, 0.717) is 18.4 Å². The molecule has 3 aromatic rings. The number of nitrogens with one attached hydrogen (secondary N) is 1. The molecule has 2 atom stereocenters. The minimum atomic E-state index is -0.405. The highest BCUT2D eigenvalue weighted by molar-refractivity contribution is 8.00. The Morgan fingerprint density at radius 2 is 1.79 bits per heavy atom. The zero-order valence-corrected chi connectivity index (χ0v) is 19.8. The van der Waals surface area contributed by atoms with Crippen LogP contribution in [0.4, 0.5) is 10.3 Å². The molecule has 4 rings (SSSR count). The fraction of sp³-hybridized carbons (Fsp3) is 0.375. The van der Waals surface area contributed by atoms with Crippen molar-refractivity contribution >= 4 is 23.6 Å². The number of hydrogen-bond acceptors (Lipinski definition) is 6. The number of aryl methyl sites for hydroxylation is 1. The Morgan fingerprint density at radius 3 is 2.48 bits per heavy atom. The molecule has 0 saturated carbocycles. The summed E-state index contributed by atoms with van der Waals surface area (Å²) >= 11 is 1.37. The standard InChI is InChI=1S/C24H28FN5O2S/c1-16-6-4-5-7-21(16)30-23(29-12-14-32-15-13-29)27-28-24(30)33-18(3)22(31)26-17(2)19-8-10-20(25)11-9-19/h4-11,17-18H,12-15H2,1-3H3,(H,26,31). The molecule has 2 aromatic carbocycles. The summed E-state index contributed by atoms with van der Waals surface area (Å²) in [5, 5.41) is 12.2. The van der Waals surface area contributed by atoms with E-state index < -0.39 is 5.25 Å². The van der Waals surface area contributed by atoms with E-state index in [9.17, 15) is 9.18 Å². The van der Waals surface area contributed by atoms with Crippen molar-refractivity contribution in [3.63, 3.8) is 0 Å². The van der Waals surface area contributed by atoms with E-state index in [2.05, 4.69) is 20.4 Å². The number of thioether (sulfide) groups is 1. The van der Waals surface area contributed by atoms with Crippen molar-refractivity contribution in [3.8, 4) is 5.69 Å². The smallest absolute Gasteiger partial charge is 0.233 e. The Balaban J connectivity index is 1.55. The van der Waals surface area contributed by atoms with E-state index in [0.717, 1.165) is 35.9 Å². The highest BCUT2D eigenvalue weighted by atomic mass is 32.2. The molecule has 0 bridgehead atoms. The monoisotopic (exact) mass is 469 g/mol. The van der Waals surface area contributed by atoms with Crippen LogP contribution in [0.2, 0.25) is 0 Å². The predicted octanol–water partition coefficient (Wildman–Crippen LogP) is 3.91. The number of benzene rings is 2. The molecule has 174 valence electrons. The molecule has 33 heavy (non-hydrogen) atoms. The molecule has 1 aromatic heterocycles. The van der Waals surface area contributed by atoms with Crippen molar-refractivity contribution < 1.29 is 13.9 Å². The van der Waals surface area contributed by atoms with Crippen LogP contribution in [0.25, 0.3) is 5.69 Å². The van der Waals surface area contributed by atoms with Gasteiger partial charge < -0.3 is 15.0 Å². The lowest BCUT2D eigenvalue weighted by Gasteiger charge is -2.28. The lowest BCUT2D eigenvalue weighted by atomic mass is 10.1. The van der Waals surface area contributed by atoms with E-state index in [1.54, 1.807) is 12.1 Å². The van der Waals surface area contributed by atoms with Crippen molar-refractivity contribution in [2.24, 2.45) is 0 Å². The molecule has 2 unspecified atom stereocenters. The largest absolute Gasteiger partial charge is 0.378 e. The number of halogens is 1. The van der Waals surface area contributed by atoms with E-state index in [4.69, 9.17) is 4.74 Å². The van der Waals surface area contributed by atoms with Gasteiger partial charge in [-0.3, -0.25) is 9.36 Å². The van der Waals surface area contributed by atoms with Gasteiger partial charge in [-0.1, -0.05) is 42.1 Å². The summed E-state index contributed by atoms with van der Waals surface area (Å²) < 4.78 is 20.7. The first-order valence-electron chi connectivity index (χ1n) is 11.0. The molecule has 1 aliphatic rings. The maximum absolute atomic E-state index is 13.2. The van der Waals surface area contributed by atoms with Gasteiger partial charge in [0.2, 0.25) is 11.9 Å². The fourth-order valence-corrected chi connectivity index (χ4v) is 4.57. The minimum Gasteiger partial charge on any atom is -0.378 e. The highest BCUT2D eigenvalue weighted by Gasteiger charge is 2.26. The first-order valence-corrected chi connectivity index (χ1v) is 11.9. The van der Waals surface area contributed by atoms with Crippen LogP contribution in [0.15, 0.2) is 53.7 Å². The summed E-state index contributed by atoms with van der Waals surface area (Å²) in [5.41, 5.74) is 2.93. The Hall–Kier alpha value is -2.91. The first-order chi connectivity index (χ1) is 15.9. The maximum atomic E-state index is 13.2. The third-order valence-electron chi connectivity index (χ3n) is 5.65. The molecule has 1 aliphatic heterocycles. The number of carbonyl (C=O) groups excluding carboxylic acids is 1. The van der Waals surface area contributed by atoms with Crippen LogP contribution in [0.5, 0.6) is 0 Å². The number of morpholine rings is 1. The zero-order chi connectivity index (χ0) is 23.4. The average molecular weight is 470 g/mol. The number of para-hydroxylation sites is 1. The van der Waals surface area contributed by atoms with Crippen molar-refractivity contribution in [2.45, 2.75) is 37.2 Å². The molecular formula is C24H28FN5O2S. The van der Waals surface area contributed by atoms with Gasteiger partial charge in [-0.25, -0.2) is 4.39 Å². The van der Waals surface area contributed by atoms with Gasteiger partial charge >= 0.3 is 0 Å². The van der Waals surface area contributed by atoms with Gasteiger partial charge in [-0.2, -0.15) is 0 Å². The van der Waals surface area contributed by atoms with Crippen LogP contribution >= 0.6 is 11.8 Å². The van der Waals surface area contributed by atoms with Crippen LogP contribution in [0, 0.1) is 12.7 Å². The normalized spacial score (nSPS) is 15.8. The second-order valence-corrected chi connectivity index (χ2v) is 9.35. The van der Waals surface area contributed by atoms with Gasteiger partial charge in [0.05, 0.1) is 30.2 Å². The van der Waals surface area contributed by atoms with Crippen LogP contribution in [-0.2, 0) is 9.53 Å². The quantitative estimate of drug-likeness (QED) is 0.529. The summed E-state index contributed by atoms with van der Waals surface area (Å²) in [4.78, 5) is 15.1. The molecule has 0 radical (unpaired) electrons. The topological polar surface area (TPSA) is 72.3 Å². The van der Waals surface area contributed by atoms with Gasteiger partial charge in [0, 0.05) is 13.1 Å². The van der Waals surface area contributed by atoms with Crippen LogP contribution in [0.3, 0.4) is 0 Å². The Labute approximate surface area is 197 Å². The molecule has 2 heterocycles. The van der Waals surface area contributed by atoms with E-state index >= 15 is 0 Å². The second-order valence-electron chi connectivity index (χ2n) is 8.05. The Bertz CT molecular complexity index is 1100. The number of rotatable bonds is 7. The summed E-state index contributed by atoms with van der Waals surface area (Å²) in [6, 6.07) is 14.0. The number of anilines is 1. The number of amides is 1. The van der Waals surface area contributed by atoms with E-state index in [1.165, 1.54) is 23.9 Å². The molecule has 1 N–H and O–H groups in total. The van der Waals surface area contributed by atoms with Gasteiger partial charge in [-0.05, 0) is 50.1 Å². The van der Waals surface area contributed by atoms with Crippen LogP contribution < -0.4 is 10.2 Å². The summed E-state index contributed by atoms with van der Waals surface area (Å²) in [6.45, 7) is 8.54. The Kier molecular flexibility index (Phi) is 7.29. The van der Waals surface area contributed by atoms with Gasteiger partial charge in [-0.15, -0.1) is 10.2 Å². The predicted molar refractivity (Wildman–Crippen MR) is 127 cm³/mol. The van der Waals surface area contributed by atoms with Crippen molar-refractivity contribution in [2.75, 3.05) is 31.2 Å². The lowest BCUT2D eigenvalue weighted by molar-refractivity contribution is -0.120. The molecule has 0 aliphatic carbocycles. The number of hydrogen-bond donors (Lipinski definition) is 1. The first kappa shape index (κ1) is 23.3. The third kappa shape index (κ3) is 5.36.